The van der Waals surface area contributed by atoms with E-state index in [1.54, 1.807) is 5.01 Å². The molecule has 35 heavy (non-hydrogen) atoms. The summed E-state index contributed by atoms with van der Waals surface area (Å²) in [6.45, 7) is 7.87. The van der Waals surface area contributed by atoms with E-state index in [0.717, 1.165) is 38.9 Å². The Hall–Kier alpha value is -1.41. The van der Waals surface area contributed by atoms with Crippen molar-refractivity contribution in [1.82, 2.24) is 36.2 Å². The minimum absolute atomic E-state index is 0.0374. The third kappa shape index (κ3) is 5.34. The van der Waals surface area contributed by atoms with Gasteiger partial charge in [0.15, 0.2) is 0 Å². The van der Waals surface area contributed by atoms with Crippen molar-refractivity contribution >= 4 is 11.8 Å². The first-order chi connectivity index (χ1) is 16.9. The van der Waals surface area contributed by atoms with Gasteiger partial charge >= 0.3 is 0 Å². The maximum absolute atomic E-state index is 13.8. The zero-order chi connectivity index (χ0) is 24.5. The summed E-state index contributed by atoms with van der Waals surface area (Å²) in [6.07, 6.45) is 0.987. The Balaban J connectivity index is 1.13. The SMILES string of the molecule is CCOC1CN(C(=O)C2CCN(C3CCNCC3NC(=O)C3C(N)NN4CC(F)CNC34)CC2)C1. The van der Waals surface area contributed by atoms with Crippen molar-refractivity contribution in [3.05, 3.63) is 0 Å². The molecule has 0 spiro atoms. The first-order valence-corrected chi connectivity index (χ1v) is 13.3. The first-order valence-electron chi connectivity index (χ1n) is 13.3. The number of nitrogens with one attached hydrogen (secondary N) is 4. The summed E-state index contributed by atoms with van der Waals surface area (Å²) in [5, 5.41) is 11.5. The molecule has 6 atom stereocenters. The smallest absolute Gasteiger partial charge is 0.229 e. The number of amides is 2. The minimum Gasteiger partial charge on any atom is -0.375 e. The van der Waals surface area contributed by atoms with E-state index in [9.17, 15) is 14.0 Å². The summed E-state index contributed by atoms with van der Waals surface area (Å²) in [7, 11) is 0. The Kier molecular flexibility index (Phi) is 7.87. The van der Waals surface area contributed by atoms with E-state index < -0.39 is 18.3 Å². The van der Waals surface area contributed by atoms with Gasteiger partial charge in [-0.15, -0.1) is 0 Å². The number of alkyl halides is 1. The molecule has 198 valence electrons. The van der Waals surface area contributed by atoms with Crippen LogP contribution >= 0.6 is 0 Å². The Morgan fingerprint density at radius 2 is 1.91 bits per heavy atom. The van der Waals surface area contributed by atoms with Gasteiger partial charge in [-0.3, -0.25) is 19.8 Å². The molecule has 5 heterocycles. The van der Waals surface area contributed by atoms with Gasteiger partial charge in [-0.1, -0.05) is 0 Å². The fourth-order valence-electron chi connectivity index (χ4n) is 6.38. The average molecular weight is 497 g/mol. The first kappa shape index (κ1) is 25.2. The molecule has 11 nitrogen and oxygen atoms in total. The second-order valence-corrected chi connectivity index (χ2v) is 10.6. The highest BCUT2D eigenvalue weighted by atomic mass is 19.1. The average Bonchev–Trinajstić information content (AvgIpc) is 3.16. The van der Waals surface area contributed by atoms with Gasteiger partial charge in [0.2, 0.25) is 11.8 Å². The number of fused-ring (bicyclic) bond motifs is 1. The lowest BCUT2D eigenvalue weighted by molar-refractivity contribution is -0.150. The third-order valence-corrected chi connectivity index (χ3v) is 8.31. The molecule has 6 N–H and O–H groups in total. The van der Waals surface area contributed by atoms with Crippen LogP contribution in [0, 0.1) is 11.8 Å². The van der Waals surface area contributed by atoms with E-state index in [1.807, 2.05) is 11.8 Å². The number of nitrogens with zero attached hydrogens (tertiary/aromatic N) is 3. The predicted octanol–water partition coefficient (Wildman–Crippen LogP) is -2.22. The van der Waals surface area contributed by atoms with E-state index in [1.165, 1.54) is 0 Å². The fraction of sp³-hybridized carbons (Fsp3) is 0.913. The van der Waals surface area contributed by atoms with Gasteiger partial charge in [-0.05, 0) is 45.8 Å². The molecule has 5 fully saturated rings. The number of nitrogens with two attached hydrogens (primary N) is 1. The van der Waals surface area contributed by atoms with Crippen molar-refractivity contribution in [2.24, 2.45) is 17.6 Å². The van der Waals surface area contributed by atoms with Crippen molar-refractivity contribution in [3.8, 4) is 0 Å². The summed E-state index contributed by atoms with van der Waals surface area (Å²) in [4.78, 5) is 30.6. The van der Waals surface area contributed by atoms with Crippen molar-refractivity contribution in [2.45, 2.75) is 62.9 Å². The Morgan fingerprint density at radius 3 is 2.66 bits per heavy atom. The van der Waals surface area contributed by atoms with Crippen LogP contribution in [0.15, 0.2) is 0 Å². The second-order valence-electron chi connectivity index (χ2n) is 10.6. The van der Waals surface area contributed by atoms with Crippen LogP contribution in [0.5, 0.6) is 0 Å². The maximum atomic E-state index is 13.8. The molecule has 0 aromatic heterocycles. The van der Waals surface area contributed by atoms with E-state index in [-0.39, 0.29) is 55.2 Å². The van der Waals surface area contributed by atoms with Gasteiger partial charge in [-0.25, -0.2) is 14.8 Å². The number of piperidine rings is 2. The molecule has 0 aromatic rings. The summed E-state index contributed by atoms with van der Waals surface area (Å²) in [6, 6.07) is 0.184. The van der Waals surface area contributed by atoms with Crippen LogP contribution in [0.4, 0.5) is 4.39 Å². The number of hydrogen-bond acceptors (Lipinski definition) is 9. The Bertz CT molecular complexity index is 763. The number of hydrogen-bond donors (Lipinski definition) is 5. The number of carbonyl (C=O) groups is 2. The normalized spacial score (nSPS) is 37.6. The van der Waals surface area contributed by atoms with E-state index in [4.69, 9.17) is 10.5 Å². The molecule has 0 aliphatic carbocycles. The highest BCUT2D eigenvalue weighted by Crippen LogP contribution is 2.27. The van der Waals surface area contributed by atoms with Crippen molar-refractivity contribution < 1.29 is 18.7 Å². The van der Waals surface area contributed by atoms with Crippen LogP contribution < -0.4 is 27.1 Å². The zero-order valence-electron chi connectivity index (χ0n) is 20.6. The lowest BCUT2D eigenvalue weighted by Gasteiger charge is -2.45. The zero-order valence-corrected chi connectivity index (χ0v) is 20.6. The summed E-state index contributed by atoms with van der Waals surface area (Å²) >= 11 is 0. The topological polar surface area (TPSA) is 127 Å². The van der Waals surface area contributed by atoms with Crippen LogP contribution in [-0.2, 0) is 14.3 Å². The van der Waals surface area contributed by atoms with Gasteiger partial charge in [0.25, 0.3) is 0 Å². The highest BCUT2D eigenvalue weighted by Gasteiger charge is 2.48. The molecule has 5 aliphatic rings. The molecule has 12 heteroatoms. The Morgan fingerprint density at radius 1 is 1.14 bits per heavy atom. The largest absolute Gasteiger partial charge is 0.375 e. The van der Waals surface area contributed by atoms with Gasteiger partial charge in [0.1, 0.15) is 6.17 Å². The van der Waals surface area contributed by atoms with Crippen molar-refractivity contribution in [3.63, 3.8) is 0 Å². The molecule has 0 radical (unpaired) electrons. The monoisotopic (exact) mass is 496 g/mol. The van der Waals surface area contributed by atoms with Crippen LogP contribution in [0.25, 0.3) is 0 Å². The molecule has 5 saturated heterocycles. The van der Waals surface area contributed by atoms with Crippen molar-refractivity contribution in [1.29, 1.82) is 0 Å². The summed E-state index contributed by atoms with van der Waals surface area (Å²) in [5.74, 6) is -0.259. The number of hydrazine groups is 1. The van der Waals surface area contributed by atoms with E-state index in [2.05, 4.69) is 26.3 Å². The van der Waals surface area contributed by atoms with Gasteiger partial charge in [0, 0.05) is 51.3 Å². The number of rotatable bonds is 6. The molecule has 6 unspecified atom stereocenters. The second kappa shape index (κ2) is 10.9. The third-order valence-electron chi connectivity index (χ3n) is 8.31. The fourth-order valence-corrected chi connectivity index (χ4v) is 6.38. The van der Waals surface area contributed by atoms with Gasteiger partial charge < -0.3 is 26.0 Å². The van der Waals surface area contributed by atoms with Crippen LogP contribution in [-0.4, -0.2) is 122 Å². The Labute approximate surface area is 206 Å². The predicted molar refractivity (Wildman–Crippen MR) is 127 cm³/mol. The molecular formula is C23H41FN8O3. The van der Waals surface area contributed by atoms with Gasteiger partial charge in [-0.2, -0.15) is 0 Å². The molecule has 5 aliphatic heterocycles. The molecule has 0 saturated carbocycles. The van der Waals surface area contributed by atoms with Crippen molar-refractivity contribution in [2.75, 3.05) is 59.0 Å². The number of carbonyl (C=O) groups excluding carboxylic acids is 2. The molecular weight excluding hydrogens is 455 g/mol. The highest BCUT2D eigenvalue weighted by molar-refractivity contribution is 5.81. The van der Waals surface area contributed by atoms with Gasteiger partial charge in [0.05, 0.1) is 30.4 Å². The lowest BCUT2D eigenvalue weighted by Crippen LogP contribution is -2.64. The number of halogens is 1. The lowest BCUT2D eigenvalue weighted by atomic mass is 9.90. The van der Waals surface area contributed by atoms with Crippen LogP contribution in [0.2, 0.25) is 0 Å². The van der Waals surface area contributed by atoms with Crippen LogP contribution in [0.3, 0.4) is 0 Å². The quantitative estimate of drug-likeness (QED) is 0.278. The maximum Gasteiger partial charge on any atom is 0.229 e. The van der Waals surface area contributed by atoms with E-state index in [0.29, 0.717) is 26.2 Å². The number of likely N-dealkylation sites (tertiary alicyclic amines) is 2. The summed E-state index contributed by atoms with van der Waals surface area (Å²) < 4.78 is 19.4. The molecule has 5 rings (SSSR count). The molecule has 0 aromatic carbocycles. The standard InChI is InChI=1S/C23H41FN8O3/c1-2-35-16-12-31(13-16)23(34)14-4-7-30(8-5-14)18-3-6-26-10-17(18)28-22(33)19-20(25)29-32-11-15(24)9-27-21(19)32/h14-21,26-27,29H,2-13,25H2,1H3,(H,28,33). The van der Waals surface area contributed by atoms with Crippen LogP contribution in [0.1, 0.15) is 26.2 Å². The van der Waals surface area contributed by atoms with E-state index >= 15 is 0 Å². The number of ether oxygens (including phenoxy) is 1. The minimum atomic E-state index is -0.985. The summed E-state index contributed by atoms with van der Waals surface area (Å²) in [5.41, 5.74) is 9.28. The molecule has 2 amide bonds. The molecule has 0 bridgehead atoms.